The van der Waals surface area contributed by atoms with E-state index in [1.54, 1.807) is 6.08 Å². The van der Waals surface area contributed by atoms with Gasteiger partial charge in [0.2, 0.25) is 0 Å². The highest BCUT2D eigenvalue weighted by Crippen LogP contribution is 2.21. The number of carbonyl (C=O) groups is 1. The molecule has 3 rings (SSSR count). The van der Waals surface area contributed by atoms with Crippen molar-refractivity contribution in [3.05, 3.63) is 59.1 Å². The van der Waals surface area contributed by atoms with E-state index in [-0.39, 0.29) is 12.1 Å². The lowest BCUT2D eigenvalue weighted by molar-refractivity contribution is -0.117. The fourth-order valence-electron chi connectivity index (χ4n) is 3.09. The van der Waals surface area contributed by atoms with Crippen LogP contribution in [0, 0.1) is 18.3 Å². The number of piperidine rings is 1. The van der Waals surface area contributed by atoms with Gasteiger partial charge in [-0.1, -0.05) is 12.1 Å². The number of benzene rings is 1. The first-order valence-corrected chi connectivity index (χ1v) is 8.96. The zero-order chi connectivity index (χ0) is 18.4. The van der Waals surface area contributed by atoms with Gasteiger partial charge in [0.05, 0.1) is 6.54 Å². The van der Waals surface area contributed by atoms with Gasteiger partial charge in [-0.2, -0.15) is 5.26 Å². The first-order chi connectivity index (χ1) is 12.7. The van der Waals surface area contributed by atoms with Crippen molar-refractivity contribution in [2.75, 3.05) is 18.0 Å². The number of aryl methyl sites for hydroxylation is 1. The molecule has 1 aliphatic rings. The molecule has 1 aromatic heterocycles. The van der Waals surface area contributed by atoms with Gasteiger partial charge in [0, 0.05) is 18.8 Å². The molecule has 1 N–H and O–H groups in total. The van der Waals surface area contributed by atoms with Gasteiger partial charge < -0.3 is 14.6 Å². The Bertz CT molecular complexity index is 822. The first-order valence-electron chi connectivity index (χ1n) is 8.96. The molecule has 1 saturated heterocycles. The molecular weight excluding hydrogens is 326 g/mol. The van der Waals surface area contributed by atoms with Crippen molar-refractivity contribution in [3.63, 3.8) is 0 Å². The second-order valence-electron chi connectivity index (χ2n) is 6.50. The summed E-state index contributed by atoms with van der Waals surface area (Å²) >= 11 is 0. The Balaban J connectivity index is 1.63. The largest absolute Gasteiger partial charge is 0.465 e. The Morgan fingerprint density at radius 1 is 1.19 bits per heavy atom. The van der Waals surface area contributed by atoms with Crippen LogP contribution in [0.1, 0.15) is 36.3 Å². The lowest BCUT2D eigenvalue weighted by atomic mass is 10.1. The maximum atomic E-state index is 12.2. The van der Waals surface area contributed by atoms with Crippen LogP contribution in [-0.2, 0) is 11.3 Å². The highest BCUT2D eigenvalue weighted by Gasteiger charge is 2.12. The molecule has 1 amide bonds. The van der Waals surface area contributed by atoms with Crippen molar-refractivity contribution < 1.29 is 9.21 Å². The smallest absolute Gasteiger partial charge is 0.262 e. The maximum absolute atomic E-state index is 12.2. The van der Waals surface area contributed by atoms with Gasteiger partial charge >= 0.3 is 0 Å². The van der Waals surface area contributed by atoms with Crippen LogP contribution < -0.4 is 10.2 Å². The number of hydrogen-bond donors (Lipinski definition) is 1. The van der Waals surface area contributed by atoms with Crippen LogP contribution in [0.15, 0.2) is 46.4 Å². The van der Waals surface area contributed by atoms with Crippen LogP contribution in [0.2, 0.25) is 0 Å². The molecule has 2 heterocycles. The number of anilines is 1. The number of nitrogens with zero attached hydrogens (tertiary/aromatic N) is 2. The number of nitrogens with one attached hydrogen (secondary N) is 1. The number of furan rings is 1. The van der Waals surface area contributed by atoms with Gasteiger partial charge in [-0.15, -0.1) is 0 Å². The Kier molecular flexibility index (Phi) is 5.75. The molecule has 26 heavy (non-hydrogen) atoms. The molecule has 134 valence electrons. The van der Waals surface area contributed by atoms with E-state index in [9.17, 15) is 10.1 Å². The van der Waals surface area contributed by atoms with Crippen molar-refractivity contribution in [1.82, 2.24) is 5.32 Å². The number of carbonyl (C=O) groups excluding carboxylic acids is 1. The van der Waals surface area contributed by atoms with Crippen molar-refractivity contribution in [2.24, 2.45) is 0 Å². The molecule has 1 aromatic carbocycles. The molecule has 0 bridgehead atoms. The third kappa shape index (κ3) is 4.54. The van der Waals surface area contributed by atoms with Crippen molar-refractivity contribution >= 4 is 17.7 Å². The molecule has 0 radical (unpaired) electrons. The van der Waals surface area contributed by atoms with Gasteiger partial charge in [-0.25, -0.2) is 0 Å². The first kappa shape index (κ1) is 17.8. The molecule has 5 nitrogen and oxygen atoms in total. The average Bonchev–Trinajstić information content (AvgIpc) is 3.10. The summed E-state index contributed by atoms with van der Waals surface area (Å²) in [5.74, 6) is 1.06. The fourth-order valence-corrected chi connectivity index (χ4v) is 3.09. The Morgan fingerprint density at radius 3 is 2.54 bits per heavy atom. The van der Waals surface area contributed by atoms with E-state index in [1.165, 1.54) is 24.9 Å². The summed E-state index contributed by atoms with van der Waals surface area (Å²) in [6, 6.07) is 13.6. The number of hydrogen-bond acceptors (Lipinski definition) is 4. The fraction of sp³-hybridized carbons (Fsp3) is 0.333. The van der Waals surface area contributed by atoms with Gasteiger partial charge in [0.25, 0.3) is 5.91 Å². The summed E-state index contributed by atoms with van der Waals surface area (Å²) in [7, 11) is 0. The maximum Gasteiger partial charge on any atom is 0.262 e. The average molecular weight is 349 g/mol. The molecule has 0 unspecified atom stereocenters. The SMILES string of the molecule is Cc1ccc(CNC(=O)/C(C#N)=C/c2ccc(N3CCCCC3)cc2)o1. The van der Waals surface area contributed by atoms with Gasteiger partial charge in [-0.3, -0.25) is 4.79 Å². The molecular formula is C21H23N3O2. The van der Waals surface area contributed by atoms with Crippen LogP contribution in [0.4, 0.5) is 5.69 Å². The predicted octanol–water partition coefficient (Wildman–Crippen LogP) is 3.80. The highest BCUT2D eigenvalue weighted by atomic mass is 16.3. The summed E-state index contributed by atoms with van der Waals surface area (Å²) < 4.78 is 5.41. The molecule has 1 aliphatic heterocycles. The van der Waals surface area contributed by atoms with Crippen molar-refractivity contribution in [3.8, 4) is 6.07 Å². The van der Waals surface area contributed by atoms with E-state index in [2.05, 4.69) is 22.3 Å². The Hall–Kier alpha value is -3.00. The van der Waals surface area contributed by atoms with Crippen molar-refractivity contribution in [1.29, 1.82) is 5.26 Å². The van der Waals surface area contributed by atoms with Crippen LogP contribution >= 0.6 is 0 Å². The quantitative estimate of drug-likeness (QED) is 0.658. The standard InChI is InChI=1S/C21H23N3O2/c1-16-5-10-20(26-16)15-23-21(25)18(14-22)13-17-6-8-19(9-7-17)24-11-3-2-4-12-24/h5-10,13H,2-4,11-12,15H2,1H3,(H,23,25)/b18-13+. The van der Waals surface area contributed by atoms with E-state index in [0.29, 0.717) is 5.76 Å². The highest BCUT2D eigenvalue weighted by molar-refractivity contribution is 6.01. The molecule has 0 saturated carbocycles. The van der Waals surface area contributed by atoms with Crippen LogP contribution in [0.5, 0.6) is 0 Å². The van der Waals surface area contributed by atoms with E-state index >= 15 is 0 Å². The van der Waals surface area contributed by atoms with E-state index in [0.717, 1.165) is 24.4 Å². The van der Waals surface area contributed by atoms with Crippen LogP contribution in [0.25, 0.3) is 6.08 Å². The second kappa shape index (κ2) is 8.39. The molecule has 0 spiro atoms. The second-order valence-corrected chi connectivity index (χ2v) is 6.50. The molecule has 1 fully saturated rings. The minimum absolute atomic E-state index is 0.0824. The summed E-state index contributed by atoms with van der Waals surface area (Å²) in [6.07, 6.45) is 5.38. The molecule has 2 aromatic rings. The molecule has 0 aliphatic carbocycles. The minimum Gasteiger partial charge on any atom is -0.465 e. The Morgan fingerprint density at radius 2 is 1.92 bits per heavy atom. The molecule has 5 heteroatoms. The van der Waals surface area contributed by atoms with Crippen LogP contribution in [-0.4, -0.2) is 19.0 Å². The minimum atomic E-state index is -0.401. The van der Waals surface area contributed by atoms with E-state index in [4.69, 9.17) is 4.42 Å². The third-order valence-electron chi connectivity index (χ3n) is 4.51. The van der Waals surface area contributed by atoms with E-state index in [1.807, 2.05) is 37.3 Å². The summed E-state index contributed by atoms with van der Waals surface area (Å²) in [5, 5.41) is 12.0. The molecule has 0 atom stereocenters. The topological polar surface area (TPSA) is 69.3 Å². The third-order valence-corrected chi connectivity index (χ3v) is 4.51. The lowest BCUT2D eigenvalue weighted by Crippen LogP contribution is -2.29. The Labute approximate surface area is 153 Å². The normalized spacial score (nSPS) is 14.8. The summed E-state index contributed by atoms with van der Waals surface area (Å²) in [5.41, 5.74) is 2.11. The van der Waals surface area contributed by atoms with Gasteiger partial charge in [-0.05, 0) is 62.1 Å². The number of amides is 1. The summed E-state index contributed by atoms with van der Waals surface area (Å²) in [6.45, 7) is 4.29. The van der Waals surface area contributed by atoms with Gasteiger partial charge in [0.15, 0.2) is 0 Å². The monoisotopic (exact) mass is 349 g/mol. The zero-order valence-corrected chi connectivity index (χ0v) is 15.0. The number of nitriles is 1. The van der Waals surface area contributed by atoms with Gasteiger partial charge in [0.1, 0.15) is 23.2 Å². The van der Waals surface area contributed by atoms with Crippen molar-refractivity contribution in [2.45, 2.75) is 32.7 Å². The van der Waals surface area contributed by atoms with Crippen LogP contribution in [0.3, 0.4) is 0 Å². The predicted molar refractivity (Wildman–Crippen MR) is 101 cm³/mol. The summed E-state index contributed by atoms with van der Waals surface area (Å²) in [4.78, 5) is 14.6. The van der Waals surface area contributed by atoms with E-state index < -0.39 is 5.91 Å². The zero-order valence-electron chi connectivity index (χ0n) is 15.0. The number of rotatable bonds is 5. The lowest BCUT2D eigenvalue weighted by Gasteiger charge is -2.28.